The number of carbonyl (C=O) groups excluding carboxylic acids is 1. The zero-order chi connectivity index (χ0) is 20.0. The van der Waals surface area contributed by atoms with Gasteiger partial charge in [0, 0.05) is 31.6 Å². The second-order valence-corrected chi connectivity index (χ2v) is 7.87. The molecule has 1 heterocycles. The lowest BCUT2D eigenvalue weighted by Gasteiger charge is -2.39. The molecular formula is C23H30N2O3. The highest BCUT2D eigenvalue weighted by Gasteiger charge is 2.34. The molecular weight excluding hydrogens is 352 g/mol. The lowest BCUT2D eigenvalue weighted by Crippen LogP contribution is -2.51. The minimum atomic E-state index is -0.706. The van der Waals surface area contributed by atoms with Crippen molar-refractivity contribution in [2.75, 3.05) is 40.3 Å². The minimum absolute atomic E-state index is 0.000382. The van der Waals surface area contributed by atoms with Crippen LogP contribution >= 0.6 is 0 Å². The van der Waals surface area contributed by atoms with Gasteiger partial charge in [-0.3, -0.25) is 4.79 Å². The molecule has 5 nitrogen and oxygen atoms in total. The van der Waals surface area contributed by atoms with Crippen LogP contribution in [0.25, 0.3) is 0 Å². The molecule has 2 aromatic rings. The maximum atomic E-state index is 12.9. The molecule has 1 aliphatic heterocycles. The Morgan fingerprint density at radius 1 is 1.11 bits per heavy atom. The zero-order valence-corrected chi connectivity index (χ0v) is 16.8. The van der Waals surface area contributed by atoms with Gasteiger partial charge in [0.15, 0.2) is 0 Å². The fourth-order valence-corrected chi connectivity index (χ4v) is 3.71. The quantitative estimate of drug-likeness (QED) is 0.800. The Labute approximate surface area is 167 Å². The van der Waals surface area contributed by atoms with Crippen LogP contribution in [-0.2, 0) is 6.42 Å². The van der Waals surface area contributed by atoms with Crippen molar-refractivity contribution in [2.45, 2.75) is 24.9 Å². The first-order valence-electron chi connectivity index (χ1n) is 9.88. The average Bonchev–Trinajstić information content (AvgIpc) is 2.68. The van der Waals surface area contributed by atoms with Crippen molar-refractivity contribution in [1.82, 2.24) is 9.80 Å². The Morgan fingerprint density at radius 3 is 2.50 bits per heavy atom. The fraction of sp³-hybridized carbons (Fsp3) is 0.435. The van der Waals surface area contributed by atoms with Crippen LogP contribution < -0.4 is 4.74 Å². The lowest BCUT2D eigenvalue weighted by atomic mass is 9.90. The maximum absolute atomic E-state index is 12.9. The summed E-state index contributed by atoms with van der Waals surface area (Å²) >= 11 is 0. The second-order valence-electron chi connectivity index (χ2n) is 7.87. The molecule has 150 valence electrons. The molecule has 0 saturated carbocycles. The number of aliphatic hydroxyl groups is 1. The highest BCUT2D eigenvalue weighted by molar-refractivity contribution is 5.94. The molecule has 0 aromatic heterocycles. The fourth-order valence-electron chi connectivity index (χ4n) is 3.71. The van der Waals surface area contributed by atoms with E-state index in [1.165, 1.54) is 5.56 Å². The molecule has 0 aliphatic carbocycles. The molecule has 1 saturated heterocycles. The molecule has 1 N–H and O–H groups in total. The summed E-state index contributed by atoms with van der Waals surface area (Å²) in [6.07, 6.45) is 2.03. The SMILES string of the molecule is CN(C)CC1(O)CCN(C(=O)c2cccc(OCCc3ccccc3)c2)CC1. The summed E-state index contributed by atoms with van der Waals surface area (Å²) in [6, 6.07) is 17.6. The van der Waals surface area contributed by atoms with Gasteiger partial charge >= 0.3 is 0 Å². The number of piperidine rings is 1. The molecule has 2 aromatic carbocycles. The lowest BCUT2D eigenvalue weighted by molar-refractivity contribution is -0.0324. The van der Waals surface area contributed by atoms with E-state index in [2.05, 4.69) is 12.1 Å². The van der Waals surface area contributed by atoms with Crippen molar-refractivity contribution in [2.24, 2.45) is 0 Å². The number of rotatable bonds is 7. The average molecular weight is 383 g/mol. The van der Waals surface area contributed by atoms with Crippen molar-refractivity contribution >= 4 is 5.91 Å². The summed E-state index contributed by atoms with van der Waals surface area (Å²) in [7, 11) is 3.91. The summed E-state index contributed by atoms with van der Waals surface area (Å²) < 4.78 is 5.85. The number of amides is 1. The van der Waals surface area contributed by atoms with Gasteiger partial charge < -0.3 is 19.6 Å². The van der Waals surface area contributed by atoms with Crippen LogP contribution in [0.5, 0.6) is 5.75 Å². The van der Waals surface area contributed by atoms with E-state index in [1.54, 1.807) is 0 Å². The Morgan fingerprint density at radius 2 is 1.82 bits per heavy atom. The third kappa shape index (κ3) is 5.57. The number of carbonyl (C=O) groups is 1. The van der Waals surface area contributed by atoms with E-state index in [4.69, 9.17) is 4.74 Å². The Kier molecular flexibility index (Phi) is 6.70. The number of likely N-dealkylation sites (N-methyl/N-ethyl adjacent to an activating group) is 1. The third-order valence-corrected chi connectivity index (χ3v) is 5.18. The smallest absolute Gasteiger partial charge is 0.253 e. The van der Waals surface area contributed by atoms with Gasteiger partial charge in [0.05, 0.1) is 12.2 Å². The van der Waals surface area contributed by atoms with Crippen LogP contribution in [0.4, 0.5) is 0 Å². The summed E-state index contributed by atoms with van der Waals surface area (Å²) in [5.41, 5.74) is 1.16. The minimum Gasteiger partial charge on any atom is -0.493 e. The number of hydrogen-bond acceptors (Lipinski definition) is 4. The molecule has 1 aliphatic rings. The van der Waals surface area contributed by atoms with Gasteiger partial charge in [0.25, 0.3) is 5.91 Å². The molecule has 1 amide bonds. The molecule has 0 unspecified atom stereocenters. The van der Waals surface area contributed by atoms with E-state index in [-0.39, 0.29) is 5.91 Å². The van der Waals surface area contributed by atoms with Crippen LogP contribution in [0.1, 0.15) is 28.8 Å². The number of likely N-dealkylation sites (tertiary alicyclic amines) is 1. The monoisotopic (exact) mass is 382 g/mol. The molecule has 0 bridgehead atoms. The maximum Gasteiger partial charge on any atom is 0.253 e. The summed E-state index contributed by atoms with van der Waals surface area (Å²) in [6.45, 7) is 2.34. The molecule has 1 fully saturated rings. The highest BCUT2D eigenvalue weighted by Crippen LogP contribution is 2.25. The molecule has 0 radical (unpaired) electrons. The first kappa shape index (κ1) is 20.4. The van der Waals surface area contributed by atoms with Crippen LogP contribution in [0, 0.1) is 0 Å². The van der Waals surface area contributed by atoms with Gasteiger partial charge in [-0.2, -0.15) is 0 Å². The first-order valence-corrected chi connectivity index (χ1v) is 9.88. The Hall–Kier alpha value is -2.37. The standard InChI is InChI=1S/C23H30N2O3/c1-24(2)18-23(27)12-14-25(15-13-23)22(26)20-9-6-10-21(17-20)28-16-11-19-7-4-3-5-8-19/h3-10,17,27H,11-16,18H2,1-2H3. The molecule has 0 spiro atoms. The van der Waals surface area contributed by atoms with E-state index in [1.807, 2.05) is 66.4 Å². The van der Waals surface area contributed by atoms with Gasteiger partial charge in [-0.1, -0.05) is 36.4 Å². The molecule has 28 heavy (non-hydrogen) atoms. The van der Waals surface area contributed by atoms with Gasteiger partial charge in [-0.05, 0) is 50.7 Å². The second kappa shape index (κ2) is 9.22. The van der Waals surface area contributed by atoms with Gasteiger partial charge in [-0.25, -0.2) is 0 Å². The van der Waals surface area contributed by atoms with Crippen molar-refractivity contribution in [3.8, 4) is 5.75 Å². The topological polar surface area (TPSA) is 53.0 Å². The number of benzene rings is 2. The predicted octanol–water partition coefficient (Wildman–Crippen LogP) is 2.84. The molecule has 3 rings (SSSR count). The van der Waals surface area contributed by atoms with Gasteiger partial charge in [0.2, 0.25) is 0 Å². The van der Waals surface area contributed by atoms with E-state index in [0.29, 0.717) is 50.4 Å². The number of hydrogen-bond donors (Lipinski definition) is 1. The van der Waals surface area contributed by atoms with E-state index in [9.17, 15) is 9.90 Å². The van der Waals surface area contributed by atoms with E-state index < -0.39 is 5.60 Å². The van der Waals surface area contributed by atoms with E-state index >= 15 is 0 Å². The van der Waals surface area contributed by atoms with Crippen LogP contribution in [-0.4, -0.2) is 66.8 Å². The normalized spacial score (nSPS) is 16.2. The molecule has 5 heteroatoms. The van der Waals surface area contributed by atoms with Gasteiger partial charge in [-0.15, -0.1) is 0 Å². The zero-order valence-electron chi connectivity index (χ0n) is 16.8. The largest absolute Gasteiger partial charge is 0.493 e. The summed E-state index contributed by atoms with van der Waals surface area (Å²) in [5.74, 6) is 0.711. The summed E-state index contributed by atoms with van der Waals surface area (Å²) in [4.78, 5) is 16.7. The van der Waals surface area contributed by atoms with Crippen molar-refractivity contribution in [1.29, 1.82) is 0 Å². The van der Waals surface area contributed by atoms with Crippen molar-refractivity contribution in [3.63, 3.8) is 0 Å². The molecule has 0 atom stereocenters. The number of ether oxygens (including phenoxy) is 1. The van der Waals surface area contributed by atoms with Crippen molar-refractivity contribution < 1.29 is 14.6 Å². The third-order valence-electron chi connectivity index (χ3n) is 5.18. The Balaban J connectivity index is 1.54. The van der Waals surface area contributed by atoms with Crippen LogP contribution in [0.15, 0.2) is 54.6 Å². The van der Waals surface area contributed by atoms with Crippen molar-refractivity contribution in [3.05, 3.63) is 65.7 Å². The van der Waals surface area contributed by atoms with Crippen LogP contribution in [0.2, 0.25) is 0 Å². The summed E-state index contributed by atoms with van der Waals surface area (Å²) in [5, 5.41) is 10.6. The number of nitrogens with zero attached hydrogens (tertiary/aromatic N) is 2. The van der Waals surface area contributed by atoms with Crippen LogP contribution in [0.3, 0.4) is 0 Å². The van der Waals surface area contributed by atoms with E-state index in [0.717, 1.165) is 6.42 Å². The Bertz CT molecular complexity index is 768. The predicted molar refractivity (Wildman–Crippen MR) is 111 cm³/mol. The first-order chi connectivity index (χ1) is 13.5. The van der Waals surface area contributed by atoms with Gasteiger partial charge in [0.1, 0.15) is 5.75 Å². The highest BCUT2D eigenvalue weighted by atomic mass is 16.5.